The van der Waals surface area contributed by atoms with Crippen molar-refractivity contribution >= 4 is 81.1 Å². The summed E-state index contributed by atoms with van der Waals surface area (Å²) >= 11 is 5.60. The Morgan fingerprint density at radius 1 is 1.16 bits per heavy atom. The Balaban J connectivity index is 1.68. The maximum absolute atomic E-state index is 13.6. The van der Waals surface area contributed by atoms with Crippen LogP contribution in [0, 0.1) is 10.1 Å². The lowest BCUT2D eigenvalue weighted by atomic mass is 10.2. The molecule has 0 aliphatic heterocycles. The molecular formula is C24H22BrN5O5S3. The highest BCUT2D eigenvalue weighted by Crippen LogP contribution is 2.32. The van der Waals surface area contributed by atoms with Crippen molar-refractivity contribution in [3.8, 4) is 0 Å². The third kappa shape index (κ3) is 6.15. The minimum absolute atomic E-state index is 0.0464. The number of thiazole rings is 1. The number of carbonyl (C=O) groups is 1. The van der Waals surface area contributed by atoms with E-state index in [4.69, 9.17) is 0 Å². The number of unbranched alkanes of at least 4 members (excludes halogenated alkanes) is 1. The van der Waals surface area contributed by atoms with Crippen LogP contribution in [0.2, 0.25) is 0 Å². The van der Waals surface area contributed by atoms with Crippen molar-refractivity contribution in [2.75, 3.05) is 18.6 Å². The second-order valence-electron chi connectivity index (χ2n) is 8.11. The van der Waals surface area contributed by atoms with Crippen molar-refractivity contribution in [1.29, 1.82) is 0 Å². The van der Waals surface area contributed by atoms with Crippen molar-refractivity contribution < 1.29 is 18.1 Å². The lowest BCUT2D eigenvalue weighted by Gasteiger charge is -2.17. The molecule has 0 unspecified atom stereocenters. The fourth-order valence-corrected chi connectivity index (χ4v) is 6.73. The maximum Gasteiger partial charge on any atom is 0.324 e. The first kappa shape index (κ1) is 28.0. The summed E-state index contributed by atoms with van der Waals surface area (Å²) in [5.41, 5.74) is 0.874. The number of nitro groups is 1. The SMILES string of the molecule is CCCCN(C)S(=O)(=O)c1ccc(C(=O)N(/N=C/c2ccc([N+](=O)[O-])s2)c2nc3ccc(Br)cc3s2)cc1. The smallest absolute Gasteiger partial charge is 0.267 e. The van der Waals surface area contributed by atoms with Gasteiger partial charge in [-0.25, -0.2) is 17.7 Å². The van der Waals surface area contributed by atoms with Gasteiger partial charge in [-0.1, -0.05) is 51.9 Å². The second-order valence-corrected chi connectivity index (χ2v) is 13.2. The van der Waals surface area contributed by atoms with Gasteiger partial charge < -0.3 is 0 Å². The van der Waals surface area contributed by atoms with Crippen molar-refractivity contribution in [1.82, 2.24) is 9.29 Å². The monoisotopic (exact) mass is 635 g/mol. The molecule has 0 bridgehead atoms. The van der Waals surface area contributed by atoms with Crippen LogP contribution in [0.25, 0.3) is 10.2 Å². The summed E-state index contributed by atoms with van der Waals surface area (Å²) in [7, 11) is -2.16. The number of thiophene rings is 1. The minimum Gasteiger partial charge on any atom is -0.267 e. The number of rotatable bonds is 10. The molecule has 38 heavy (non-hydrogen) atoms. The third-order valence-corrected chi connectivity index (χ3v) is 9.77. The van der Waals surface area contributed by atoms with Crippen molar-refractivity contribution in [3.63, 3.8) is 0 Å². The predicted octanol–water partition coefficient (Wildman–Crippen LogP) is 6.13. The van der Waals surface area contributed by atoms with E-state index < -0.39 is 20.9 Å². The number of carbonyl (C=O) groups excluding carboxylic acids is 1. The van der Waals surface area contributed by atoms with Gasteiger partial charge in [-0.15, -0.1) is 0 Å². The van der Waals surface area contributed by atoms with Gasteiger partial charge in [0.1, 0.15) is 0 Å². The van der Waals surface area contributed by atoms with Gasteiger partial charge in [-0.3, -0.25) is 14.9 Å². The molecule has 0 spiro atoms. The molecule has 2 aromatic carbocycles. The summed E-state index contributed by atoms with van der Waals surface area (Å²) in [5.74, 6) is -0.534. The zero-order valence-corrected chi connectivity index (χ0v) is 24.3. The van der Waals surface area contributed by atoms with E-state index in [0.29, 0.717) is 22.1 Å². The predicted molar refractivity (Wildman–Crippen MR) is 154 cm³/mol. The van der Waals surface area contributed by atoms with Gasteiger partial charge in [0.2, 0.25) is 15.2 Å². The zero-order chi connectivity index (χ0) is 27.4. The Labute approximate surface area is 235 Å². The first-order valence-corrected chi connectivity index (χ1v) is 15.2. The van der Waals surface area contributed by atoms with E-state index in [1.807, 2.05) is 25.1 Å². The van der Waals surface area contributed by atoms with Crippen LogP contribution in [0.1, 0.15) is 35.0 Å². The number of fused-ring (bicyclic) bond motifs is 1. The Bertz CT molecular complexity index is 1620. The topological polar surface area (TPSA) is 126 Å². The largest absolute Gasteiger partial charge is 0.324 e. The molecule has 0 saturated heterocycles. The average molecular weight is 637 g/mol. The number of amides is 1. The molecular weight excluding hydrogens is 614 g/mol. The molecule has 2 aromatic heterocycles. The van der Waals surface area contributed by atoms with Crippen LogP contribution >= 0.6 is 38.6 Å². The Morgan fingerprint density at radius 3 is 2.55 bits per heavy atom. The van der Waals surface area contributed by atoms with E-state index in [-0.39, 0.29) is 15.5 Å². The molecule has 14 heteroatoms. The molecule has 0 radical (unpaired) electrons. The molecule has 4 rings (SSSR count). The number of sulfonamides is 1. The summed E-state index contributed by atoms with van der Waals surface area (Å²) in [6, 6.07) is 14.1. The third-order valence-electron chi connectivity index (χ3n) is 5.44. The molecule has 2 heterocycles. The average Bonchev–Trinajstić information content (AvgIpc) is 3.54. The number of halogens is 1. The Morgan fingerprint density at radius 2 is 1.89 bits per heavy atom. The highest BCUT2D eigenvalue weighted by atomic mass is 79.9. The molecule has 4 aromatic rings. The lowest BCUT2D eigenvalue weighted by Crippen LogP contribution is -2.28. The summed E-state index contributed by atoms with van der Waals surface area (Å²) in [6.07, 6.45) is 2.97. The van der Waals surface area contributed by atoms with Crippen LogP contribution in [0.5, 0.6) is 0 Å². The van der Waals surface area contributed by atoms with Gasteiger partial charge in [-0.2, -0.15) is 10.1 Å². The van der Waals surface area contributed by atoms with Crippen molar-refractivity contribution in [2.45, 2.75) is 24.7 Å². The normalized spacial score (nSPS) is 12.0. The van der Waals surface area contributed by atoms with Crippen LogP contribution in [0.15, 0.2) is 69.1 Å². The fraction of sp³-hybridized carbons (Fsp3) is 0.208. The van der Waals surface area contributed by atoms with Gasteiger partial charge in [0.05, 0.1) is 31.1 Å². The van der Waals surface area contributed by atoms with Crippen LogP contribution < -0.4 is 5.01 Å². The van der Waals surface area contributed by atoms with Crippen molar-refractivity contribution in [3.05, 3.63) is 79.6 Å². The summed E-state index contributed by atoms with van der Waals surface area (Å²) < 4.78 is 28.7. The van der Waals surface area contributed by atoms with Gasteiger partial charge in [0.15, 0.2) is 0 Å². The molecule has 0 aliphatic carbocycles. The van der Waals surface area contributed by atoms with Crippen LogP contribution in [0.4, 0.5) is 10.1 Å². The maximum atomic E-state index is 13.6. The van der Waals surface area contributed by atoms with E-state index in [0.717, 1.165) is 38.4 Å². The Hall–Kier alpha value is -3.04. The van der Waals surface area contributed by atoms with Crippen LogP contribution in [0.3, 0.4) is 0 Å². The molecule has 0 aliphatic rings. The summed E-state index contributed by atoms with van der Waals surface area (Å²) in [6.45, 7) is 2.38. The van der Waals surface area contributed by atoms with Gasteiger partial charge in [0, 0.05) is 29.7 Å². The first-order chi connectivity index (χ1) is 18.1. The van der Waals surface area contributed by atoms with E-state index in [2.05, 4.69) is 26.0 Å². The highest BCUT2D eigenvalue weighted by molar-refractivity contribution is 9.10. The van der Waals surface area contributed by atoms with Gasteiger partial charge >= 0.3 is 5.00 Å². The van der Waals surface area contributed by atoms with Crippen molar-refractivity contribution in [2.24, 2.45) is 5.10 Å². The number of hydrazone groups is 1. The van der Waals surface area contributed by atoms with E-state index in [9.17, 15) is 23.3 Å². The number of aromatic nitrogens is 1. The van der Waals surface area contributed by atoms with Gasteiger partial charge in [0.25, 0.3) is 5.91 Å². The summed E-state index contributed by atoms with van der Waals surface area (Å²) in [4.78, 5) is 29.2. The van der Waals surface area contributed by atoms with Gasteiger partial charge in [-0.05, 0) is 55.0 Å². The minimum atomic E-state index is -3.69. The zero-order valence-electron chi connectivity index (χ0n) is 20.3. The Kier molecular flexibility index (Phi) is 8.67. The second kappa shape index (κ2) is 11.8. The highest BCUT2D eigenvalue weighted by Gasteiger charge is 2.24. The number of benzene rings is 2. The molecule has 0 N–H and O–H groups in total. The van der Waals surface area contributed by atoms with Crippen LogP contribution in [-0.2, 0) is 10.0 Å². The van der Waals surface area contributed by atoms with E-state index in [1.54, 1.807) is 6.07 Å². The molecule has 0 saturated carbocycles. The molecule has 0 atom stereocenters. The van der Waals surface area contributed by atoms with E-state index >= 15 is 0 Å². The molecule has 198 valence electrons. The van der Waals surface area contributed by atoms with E-state index in [1.165, 1.54) is 59.2 Å². The first-order valence-electron chi connectivity index (χ1n) is 11.4. The quantitative estimate of drug-likeness (QED) is 0.117. The number of hydrogen-bond donors (Lipinski definition) is 0. The lowest BCUT2D eigenvalue weighted by molar-refractivity contribution is -0.380. The molecule has 0 fully saturated rings. The molecule has 10 nitrogen and oxygen atoms in total. The molecule has 1 amide bonds. The number of anilines is 1. The van der Waals surface area contributed by atoms with Crippen LogP contribution in [-0.4, -0.2) is 48.3 Å². The number of nitrogens with zero attached hydrogens (tertiary/aromatic N) is 5. The standard InChI is InChI=1S/C24H22BrN5O5S3/c1-3-4-13-28(2)38(34,35)19-9-5-16(6-10-19)23(31)29(26-15-18-8-12-22(36-18)30(32)33)24-27-20-11-7-17(25)14-21(20)37-24/h5-12,14-15H,3-4,13H2,1-2H3/b26-15+. The number of hydrogen-bond acceptors (Lipinski definition) is 9. The summed E-state index contributed by atoms with van der Waals surface area (Å²) in [5, 5.41) is 16.7. The fourth-order valence-electron chi connectivity index (χ4n) is 3.36.